The molecular weight excluding hydrogens is 274 g/mol. The fraction of sp³-hybridized carbons (Fsp3) is 0.467. The Balaban J connectivity index is 2.18. The highest BCUT2D eigenvalue weighted by atomic mass is 16.5. The van der Waals surface area contributed by atoms with Gasteiger partial charge in [-0.25, -0.2) is 0 Å². The average molecular weight is 293 g/mol. The van der Waals surface area contributed by atoms with Gasteiger partial charge in [0.15, 0.2) is 0 Å². The number of aliphatic carboxylic acids is 1. The van der Waals surface area contributed by atoms with Crippen molar-refractivity contribution >= 4 is 11.9 Å². The third kappa shape index (κ3) is 4.11. The Bertz CT molecular complexity index is 539. The predicted octanol–water partition coefficient (Wildman–Crippen LogP) is 1.64. The molecule has 6 nitrogen and oxygen atoms in total. The molecule has 0 aliphatic heterocycles. The average Bonchev–Trinajstić information content (AvgIpc) is 3.27. The van der Waals surface area contributed by atoms with Crippen LogP contribution in [0.3, 0.4) is 0 Å². The van der Waals surface area contributed by atoms with Crippen LogP contribution in [0.2, 0.25) is 0 Å². The Labute approximate surface area is 123 Å². The summed E-state index contributed by atoms with van der Waals surface area (Å²) >= 11 is 0. The highest BCUT2D eigenvalue weighted by molar-refractivity contribution is 5.98. The van der Waals surface area contributed by atoms with Gasteiger partial charge in [-0.05, 0) is 30.9 Å². The van der Waals surface area contributed by atoms with Crippen molar-refractivity contribution in [3.05, 3.63) is 23.8 Å². The Morgan fingerprint density at radius 3 is 2.67 bits per heavy atom. The quantitative estimate of drug-likeness (QED) is 0.827. The number of ether oxygens (including phenoxy) is 2. The van der Waals surface area contributed by atoms with Gasteiger partial charge in [0.2, 0.25) is 0 Å². The Morgan fingerprint density at radius 2 is 2.10 bits per heavy atom. The van der Waals surface area contributed by atoms with Crippen LogP contribution in [0.15, 0.2) is 18.2 Å². The highest BCUT2D eigenvalue weighted by Crippen LogP contribution is 2.32. The normalized spacial score (nSPS) is 13.6. The van der Waals surface area contributed by atoms with Crippen molar-refractivity contribution in [1.29, 1.82) is 0 Å². The lowest BCUT2D eigenvalue weighted by atomic mass is 10.1. The van der Waals surface area contributed by atoms with Gasteiger partial charge in [-0.2, -0.15) is 0 Å². The van der Waals surface area contributed by atoms with E-state index < -0.39 is 5.97 Å². The van der Waals surface area contributed by atoms with Crippen LogP contribution in [0.4, 0.5) is 0 Å². The van der Waals surface area contributed by atoms with E-state index in [0.717, 1.165) is 17.7 Å². The van der Waals surface area contributed by atoms with Crippen LogP contribution in [-0.4, -0.2) is 49.2 Å². The SMILES string of the molecule is COc1ccc(C(=O)N(C)CC(=O)O)c(OCC2CC2)c1. The fourth-order valence-electron chi connectivity index (χ4n) is 1.90. The summed E-state index contributed by atoms with van der Waals surface area (Å²) in [4.78, 5) is 24.2. The Kier molecular flexibility index (Phi) is 4.67. The zero-order valence-electron chi connectivity index (χ0n) is 12.2. The molecule has 0 bridgehead atoms. The maximum Gasteiger partial charge on any atom is 0.323 e. The second kappa shape index (κ2) is 6.47. The number of likely N-dealkylation sites (N-methyl/N-ethyl adjacent to an activating group) is 1. The molecule has 0 radical (unpaired) electrons. The van der Waals surface area contributed by atoms with Gasteiger partial charge in [0.05, 0.1) is 19.3 Å². The van der Waals surface area contributed by atoms with E-state index >= 15 is 0 Å². The van der Waals surface area contributed by atoms with Gasteiger partial charge in [0.25, 0.3) is 5.91 Å². The molecule has 0 saturated heterocycles. The van der Waals surface area contributed by atoms with Crippen LogP contribution in [0, 0.1) is 5.92 Å². The van der Waals surface area contributed by atoms with Crippen molar-refractivity contribution < 1.29 is 24.2 Å². The molecule has 114 valence electrons. The van der Waals surface area contributed by atoms with Gasteiger partial charge in [-0.3, -0.25) is 9.59 Å². The summed E-state index contributed by atoms with van der Waals surface area (Å²) < 4.78 is 10.8. The first-order valence-corrected chi connectivity index (χ1v) is 6.79. The maximum absolute atomic E-state index is 12.3. The standard InChI is InChI=1S/C15H19NO5/c1-16(8-14(17)18)15(19)12-6-5-11(20-2)7-13(12)21-9-10-3-4-10/h5-7,10H,3-4,8-9H2,1-2H3,(H,17,18). The first kappa shape index (κ1) is 15.2. The Morgan fingerprint density at radius 1 is 1.38 bits per heavy atom. The predicted molar refractivity (Wildman–Crippen MR) is 75.8 cm³/mol. The van der Waals surface area contributed by atoms with Gasteiger partial charge in [-0.1, -0.05) is 0 Å². The molecule has 1 fully saturated rings. The van der Waals surface area contributed by atoms with Gasteiger partial charge >= 0.3 is 5.97 Å². The van der Waals surface area contributed by atoms with E-state index in [1.54, 1.807) is 18.2 Å². The number of carbonyl (C=O) groups is 2. The second-order valence-corrected chi connectivity index (χ2v) is 5.17. The molecule has 1 amide bonds. The number of carboxylic acids is 1. The van der Waals surface area contributed by atoms with Crippen LogP contribution in [0.5, 0.6) is 11.5 Å². The monoisotopic (exact) mass is 293 g/mol. The molecule has 0 unspecified atom stereocenters. The molecule has 1 N–H and O–H groups in total. The number of hydrogen-bond acceptors (Lipinski definition) is 4. The molecule has 1 aromatic rings. The van der Waals surface area contributed by atoms with Crippen molar-refractivity contribution in [1.82, 2.24) is 4.90 Å². The van der Waals surface area contributed by atoms with Gasteiger partial charge < -0.3 is 19.5 Å². The molecule has 2 rings (SSSR count). The van der Waals surface area contributed by atoms with Gasteiger partial charge in [0, 0.05) is 13.1 Å². The number of rotatable bonds is 7. The van der Waals surface area contributed by atoms with Crippen LogP contribution >= 0.6 is 0 Å². The first-order chi connectivity index (χ1) is 10.0. The molecule has 1 saturated carbocycles. The largest absolute Gasteiger partial charge is 0.497 e. The summed E-state index contributed by atoms with van der Waals surface area (Å²) in [5.41, 5.74) is 0.347. The molecule has 0 spiro atoms. The van der Waals surface area contributed by atoms with E-state index in [1.165, 1.54) is 14.2 Å². The molecule has 0 aromatic heterocycles. The van der Waals surface area contributed by atoms with Crippen LogP contribution in [0.25, 0.3) is 0 Å². The maximum atomic E-state index is 12.3. The van der Waals surface area contributed by atoms with Crippen LogP contribution in [-0.2, 0) is 4.79 Å². The zero-order valence-corrected chi connectivity index (χ0v) is 12.2. The number of amides is 1. The summed E-state index contributed by atoms with van der Waals surface area (Å²) in [7, 11) is 2.99. The van der Waals surface area contributed by atoms with E-state index in [4.69, 9.17) is 14.6 Å². The topological polar surface area (TPSA) is 76.1 Å². The molecule has 6 heteroatoms. The Hall–Kier alpha value is -2.24. The van der Waals surface area contributed by atoms with Crippen molar-refractivity contribution in [2.45, 2.75) is 12.8 Å². The molecule has 1 aromatic carbocycles. The molecule has 1 aliphatic carbocycles. The number of hydrogen-bond donors (Lipinski definition) is 1. The summed E-state index contributed by atoms with van der Waals surface area (Å²) in [6.45, 7) is 0.211. The molecule has 21 heavy (non-hydrogen) atoms. The molecule has 1 aliphatic rings. The number of benzene rings is 1. The van der Waals surface area contributed by atoms with Gasteiger partial charge in [-0.15, -0.1) is 0 Å². The lowest BCUT2D eigenvalue weighted by molar-refractivity contribution is -0.137. The summed E-state index contributed by atoms with van der Waals surface area (Å²) in [6.07, 6.45) is 2.29. The first-order valence-electron chi connectivity index (χ1n) is 6.79. The third-order valence-electron chi connectivity index (χ3n) is 3.31. The second-order valence-electron chi connectivity index (χ2n) is 5.17. The van der Waals surface area contributed by atoms with E-state index in [0.29, 0.717) is 29.6 Å². The van der Waals surface area contributed by atoms with E-state index in [9.17, 15) is 9.59 Å². The smallest absolute Gasteiger partial charge is 0.323 e. The van der Waals surface area contributed by atoms with Gasteiger partial charge in [0.1, 0.15) is 18.0 Å². The van der Waals surface area contributed by atoms with E-state index in [2.05, 4.69) is 0 Å². The molecule has 0 atom stereocenters. The van der Waals surface area contributed by atoms with Crippen molar-refractivity contribution in [3.63, 3.8) is 0 Å². The number of nitrogens with zero attached hydrogens (tertiary/aromatic N) is 1. The lowest BCUT2D eigenvalue weighted by Gasteiger charge is -2.18. The van der Waals surface area contributed by atoms with E-state index in [-0.39, 0.29) is 12.5 Å². The lowest BCUT2D eigenvalue weighted by Crippen LogP contribution is -2.32. The summed E-state index contributed by atoms with van der Waals surface area (Å²) in [5.74, 6) is 0.142. The number of methoxy groups -OCH3 is 1. The molecule has 0 heterocycles. The van der Waals surface area contributed by atoms with Crippen LogP contribution in [0.1, 0.15) is 23.2 Å². The fourth-order valence-corrected chi connectivity index (χ4v) is 1.90. The van der Waals surface area contributed by atoms with Crippen LogP contribution < -0.4 is 9.47 Å². The third-order valence-corrected chi connectivity index (χ3v) is 3.31. The minimum absolute atomic E-state index is 0.347. The molecular formula is C15H19NO5. The summed E-state index contributed by atoms with van der Waals surface area (Å²) in [5, 5.41) is 8.77. The summed E-state index contributed by atoms with van der Waals surface area (Å²) in [6, 6.07) is 4.91. The minimum atomic E-state index is -1.06. The van der Waals surface area contributed by atoms with Crippen molar-refractivity contribution in [2.24, 2.45) is 5.92 Å². The number of carboxylic acid groups (broad SMARTS) is 1. The number of carbonyl (C=O) groups excluding carboxylic acids is 1. The van der Waals surface area contributed by atoms with Crippen molar-refractivity contribution in [2.75, 3.05) is 27.3 Å². The van der Waals surface area contributed by atoms with Crippen molar-refractivity contribution in [3.8, 4) is 11.5 Å². The zero-order chi connectivity index (χ0) is 15.4. The van der Waals surface area contributed by atoms with E-state index in [1.807, 2.05) is 0 Å². The highest BCUT2D eigenvalue weighted by Gasteiger charge is 2.24. The minimum Gasteiger partial charge on any atom is -0.497 e.